The predicted molar refractivity (Wildman–Crippen MR) is 62.6 cm³/mol. The van der Waals surface area contributed by atoms with E-state index in [0.29, 0.717) is 0 Å². The van der Waals surface area contributed by atoms with Crippen molar-refractivity contribution in [2.75, 3.05) is 5.73 Å². The van der Waals surface area contributed by atoms with E-state index in [0.717, 1.165) is 16.9 Å². The summed E-state index contributed by atoms with van der Waals surface area (Å²) in [5.41, 5.74) is 6.13. The van der Waals surface area contributed by atoms with E-state index < -0.39 is 10.0 Å². The SMILES string of the molecule is Nc1nnc(S(=O)(=O)NCc2ccncc2)s1. The molecule has 0 atom stereocenters. The zero-order valence-corrected chi connectivity index (χ0v) is 10.2. The van der Waals surface area contributed by atoms with Gasteiger partial charge in [0.05, 0.1) is 0 Å². The van der Waals surface area contributed by atoms with Gasteiger partial charge in [0.1, 0.15) is 0 Å². The minimum Gasteiger partial charge on any atom is -0.374 e. The molecule has 2 aromatic rings. The lowest BCUT2D eigenvalue weighted by Crippen LogP contribution is -2.23. The third-order valence-corrected chi connectivity index (χ3v) is 4.39. The largest absolute Gasteiger partial charge is 0.374 e. The van der Waals surface area contributed by atoms with E-state index in [4.69, 9.17) is 5.73 Å². The summed E-state index contributed by atoms with van der Waals surface area (Å²) in [6, 6.07) is 3.44. The molecule has 7 nitrogen and oxygen atoms in total. The van der Waals surface area contributed by atoms with E-state index in [2.05, 4.69) is 19.9 Å². The van der Waals surface area contributed by atoms with Crippen molar-refractivity contribution in [2.24, 2.45) is 0 Å². The molecule has 0 spiro atoms. The van der Waals surface area contributed by atoms with Crippen LogP contribution in [0.5, 0.6) is 0 Å². The average molecular weight is 271 g/mol. The van der Waals surface area contributed by atoms with Gasteiger partial charge >= 0.3 is 0 Å². The molecule has 0 aromatic carbocycles. The first-order chi connectivity index (χ1) is 8.08. The highest BCUT2D eigenvalue weighted by Gasteiger charge is 2.18. The van der Waals surface area contributed by atoms with Gasteiger partial charge in [0.15, 0.2) is 0 Å². The molecule has 0 saturated heterocycles. The van der Waals surface area contributed by atoms with Crippen molar-refractivity contribution in [3.63, 3.8) is 0 Å². The Balaban J connectivity index is 2.09. The van der Waals surface area contributed by atoms with Gasteiger partial charge in [0.25, 0.3) is 10.0 Å². The smallest absolute Gasteiger partial charge is 0.270 e. The molecule has 0 bridgehead atoms. The van der Waals surface area contributed by atoms with Gasteiger partial charge in [-0.3, -0.25) is 4.98 Å². The second-order valence-electron chi connectivity index (χ2n) is 3.09. The van der Waals surface area contributed by atoms with Gasteiger partial charge in [-0.2, -0.15) is 0 Å². The Bertz CT molecular complexity index is 595. The Labute approximate surface area is 102 Å². The molecule has 0 radical (unpaired) electrons. The van der Waals surface area contributed by atoms with E-state index in [1.165, 1.54) is 0 Å². The van der Waals surface area contributed by atoms with Crippen LogP contribution < -0.4 is 10.5 Å². The van der Waals surface area contributed by atoms with Gasteiger partial charge in [-0.1, -0.05) is 11.3 Å². The topological polar surface area (TPSA) is 111 Å². The van der Waals surface area contributed by atoms with Crippen molar-refractivity contribution in [3.8, 4) is 0 Å². The third-order valence-electron chi connectivity index (χ3n) is 1.87. The Hall–Kier alpha value is -1.58. The summed E-state index contributed by atoms with van der Waals surface area (Å²) in [7, 11) is -3.64. The lowest BCUT2D eigenvalue weighted by molar-refractivity contribution is 0.579. The Morgan fingerprint density at radius 2 is 2.00 bits per heavy atom. The number of nitrogens with one attached hydrogen (secondary N) is 1. The minimum atomic E-state index is -3.64. The summed E-state index contributed by atoms with van der Waals surface area (Å²) in [5, 5.41) is 7.06. The second-order valence-corrected chi connectivity index (χ2v) is 6.04. The molecular formula is C8H9N5O2S2. The predicted octanol–water partition coefficient (Wildman–Crippen LogP) is -0.00620. The molecule has 2 heterocycles. The highest BCUT2D eigenvalue weighted by Crippen LogP contribution is 2.16. The third kappa shape index (κ3) is 2.96. The maximum absolute atomic E-state index is 11.7. The molecule has 0 fully saturated rings. The molecule has 2 aromatic heterocycles. The Kier molecular flexibility index (Phi) is 3.31. The summed E-state index contributed by atoms with van der Waals surface area (Å²) in [4.78, 5) is 3.84. The molecule has 0 aliphatic heterocycles. The molecule has 90 valence electrons. The average Bonchev–Trinajstić information content (AvgIpc) is 2.76. The van der Waals surface area contributed by atoms with Gasteiger partial charge in [0, 0.05) is 18.9 Å². The first-order valence-electron chi connectivity index (χ1n) is 4.55. The standard InChI is InChI=1S/C8H9N5O2S2/c9-7-12-13-8(16-7)17(14,15)11-5-6-1-3-10-4-2-6/h1-4,11H,5H2,(H2,9,12). The Morgan fingerprint density at radius 1 is 1.29 bits per heavy atom. The Morgan fingerprint density at radius 3 is 2.59 bits per heavy atom. The van der Waals surface area contributed by atoms with Gasteiger partial charge < -0.3 is 5.73 Å². The normalized spacial score (nSPS) is 11.5. The first kappa shape index (κ1) is 11.9. The summed E-state index contributed by atoms with van der Waals surface area (Å²) < 4.78 is 25.8. The summed E-state index contributed by atoms with van der Waals surface area (Å²) in [6.45, 7) is 0.171. The highest BCUT2D eigenvalue weighted by atomic mass is 32.2. The summed E-state index contributed by atoms with van der Waals surface area (Å²) in [5.74, 6) is 0. The molecule has 17 heavy (non-hydrogen) atoms. The zero-order chi connectivity index (χ0) is 12.3. The van der Waals surface area contributed by atoms with Crippen molar-refractivity contribution in [3.05, 3.63) is 30.1 Å². The maximum Gasteiger partial charge on any atom is 0.270 e. The fourth-order valence-electron chi connectivity index (χ4n) is 1.07. The highest BCUT2D eigenvalue weighted by molar-refractivity contribution is 7.91. The number of anilines is 1. The molecule has 0 saturated carbocycles. The van der Waals surface area contributed by atoms with E-state index in [9.17, 15) is 8.42 Å². The number of hydrogen-bond donors (Lipinski definition) is 2. The van der Waals surface area contributed by atoms with Crippen LogP contribution in [0.15, 0.2) is 28.9 Å². The van der Waals surface area contributed by atoms with Crippen LogP contribution in [0.4, 0.5) is 5.13 Å². The van der Waals surface area contributed by atoms with Crippen LogP contribution in [0, 0.1) is 0 Å². The molecule has 0 aliphatic carbocycles. The summed E-state index contributed by atoms with van der Waals surface area (Å²) in [6.07, 6.45) is 3.18. The number of nitrogens with zero attached hydrogens (tertiary/aromatic N) is 3. The van der Waals surface area contributed by atoms with Crippen LogP contribution >= 0.6 is 11.3 Å². The number of nitrogens with two attached hydrogens (primary N) is 1. The van der Waals surface area contributed by atoms with Crippen molar-refractivity contribution in [1.29, 1.82) is 0 Å². The fraction of sp³-hybridized carbons (Fsp3) is 0.125. The van der Waals surface area contributed by atoms with Crippen molar-refractivity contribution in [1.82, 2.24) is 19.9 Å². The van der Waals surface area contributed by atoms with E-state index >= 15 is 0 Å². The zero-order valence-electron chi connectivity index (χ0n) is 8.57. The minimum absolute atomic E-state index is 0.120. The monoisotopic (exact) mass is 271 g/mol. The van der Waals surface area contributed by atoms with Crippen LogP contribution in [-0.4, -0.2) is 23.6 Å². The molecule has 3 N–H and O–H groups in total. The van der Waals surface area contributed by atoms with Gasteiger partial charge in [-0.25, -0.2) is 13.1 Å². The lowest BCUT2D eigenvalue weighted by atomic mass is 10.3. The van der Waals surface area contributed by atoms with Crippen LogP contribution in [0.25, 0.3) is 0 Å². The molecule has 9 heteroatoms. The van der Waals surface area contributed by atoms with Gasteiger partial charge in [-0.05, 0) is 17.7 Å². The maximum atomic E-state index is 11.7. The second kappa shape index (κ2) is 4.73. The molecule has 0 unspecified atom stereocenters. The van der Waals surface area contributed by atoms with E-state index in [1.807, 2.05) is 0 Å². The summed E-state index contributed by atoms with van der Waals surface area (Å²) >= 11 is 0.823. The molecule has 0 amide bonds. The molecule has 2 rings (SSSR count). The number of hydrogen-bond acceptors (Lipinski definition) is 7. The van der Waals surface area contributed by atoms with Crippen LogP contribution in [0.1, 0.15) is 5.56 Å². The van der Waals surface area contributed by atoms with E-state index in [1.54, 1.807) is 24.5 Å². The number of nitrogen functional groups attached to an aromatic ring is 1. The van der Waals surface area contributed by atoms with Gasteiger partial charge in [0.2, 0.25) is 9.47 Å². The van der Waals surface area contributed by atoms with Crippen molar-refractivity contribution in [2.45, 2.75) is 10.9 Å². The van der Waals surface area contributed by atoms with Crippen LogP contribution in [-0.2, 0) is 16.6 Å². The molecule has 0 aliphatic rings. The van der Waals surface area contributed by atoms with E-state index in [-0.39, 0.29) is 16.0 Å². The van der Waals surface area contributed by atoms with Crippen molar-refractivity contribution < 1.29 is 8.42 Å². The van der Waals surface area contributed by atoms with Crippen LogP contribution in [0.3, 0.4) is 0 Å². The number of pyridine rings is 1. The number of sulfonamides is 1. The lowest BCUT2D eigenvalue weighted by Gasteiger charge is -2.02. The van der Waals surface area contributed by atoms with Crippen molar-refractivity contribution >= 4 is 26.5 Å². The molecular weight excluding hydrogens is 262 g/mol. The van der Waals surface area contributed by atoms with Gasteiger partial charge in [-0.15, -0.1) is 10.2 Å². The first-order valence-corrected chi connectivity index (χ1v) is 6.85. The number of aromatic nitrogens is 3. The number of rotatable bonds is 4. The fourth-order valence-corrected chi connectivity index (χ4v) is 2.91. The quantitative estimate of drug-likeness (QED) is 0.809. The van der Waals surface area contributed by atoms with Crippen LogP contribution in [0.2, 0.25) is 0 Å².